The summed E-state index contributed by atoms with van der Waals surface area (Å²) in [5, 5.41) is 4.28. The summed E-state index contributed by atoms with van der Waals surface area (Å²) in [4.78, 5) is 0. The minimum Gasteiger partial charge on any atom is -0.496 e. The van der Waals surface area contributed by atoms with Crippen LogP contribution in [0.25, 0.3) is 11.1 Å². The van der Waals surface area contributed by atoms with Crippen LogP contribution in [0.4, 0.5) is 5.82 Å². The molecule has 2 rings (SSSR count). The van der Waals surface area contributed by atoms with Gasteiger partial charge in [-0.15, -0.1) is 0 Å². The Morgan fingerprint density at radius 2 is 1.67 bits per heavy atom. The number of aryl methyl sites for hydroxylation is 1. The number of hydrogen-bond acceptors (Lipinski definition) is 3. The maximum Gasteiger partial charge on any atom is 0.130 e. The second-order valence-electron chi connectivity index (χ2n) is 6.03. The largest absolute Gasteiger partial charge is 0.496 e. The van der Waals surface area contributed by atoms with Crippen LogP contribution in [0.5, 0.6) is 5.75 Å². The SMILES string of the molecule is COc1c(C(C)C)ccc(C(C)C)c1-c1cnn(C)c1N. The number of nitrogens with zero attached hydrogens (tertiary/aromatic N) is 2. The lowest BCUT2D eigenvalue weighted by Gasteiger charge is -2.21. The molecule has 4 heteroatoms. The molecule has 0 spiro atoms. The highest BCUT2D eigenvalue weighted by Crippen LogP contribution is 2.43. The Labute approximate surface area is 126 Å². The van der Waals surface area contributed by atoms with E-state index < -0.39 is 0 Å². The molecule has 4 nitrogen and oxygen atoms in total. The Bertz CT molecular complexity index is 642. The van der Waals surface area contributed by atoms with Crippen LogP contribution < -0.4 is 10.5 Å². The molecule has 0 saturated heterocycles. The number of hydrogen-bond donors (Lipinski definition) is 1. The van der Waals surface area contributed by atoms with E-state index in [2.05, 4.69) is 44.9 Å². The zero-order valence-electron chi connectivity index (χ0n) is 13.8. The zero-order chi connectivity index (χ0) is 15.7. The van der Waals surface area contributed by atoms with Gasteiger partial charge in [0.15, 0.2) is 0 Å². The van der Waals surface area contributed by atoms with Crippen LogP contribution in [-0.4, -0.2) is 16.9 Å². The molecule has 1 aromatic heterocycles. The summed E-state index contributed by atoms with van der Waals surface area (Å²) < 4.78 is 7.45. The van der Waals surface area contributed by atoms with Crippen LogP contribution in [-0.2, 0) is 7.05 Å². The Kier molecular flexibility index (Phi) is 4.26. The fraction of sp³-hybridized carbons (Fsp3) is 0.471. The summed E-state index contributed by atoms with van der Waals surface area (Å²) in [6.07, 6.45) is 1.82. The van der Waals surface area contributed by atoms with Crippen LogP contribution in [0.2, 0.25) is 0 Å². The fourth-order valence-electron chi connectivity index (χ4n) is 2.69. The number of rotatable bonds is 4. The fourth-order valence-corrected chi connectivity index (χ4v) is 2.69. The van der Waals surface area contributed by atoms with E-state index in [-0.39, 0.29) is 0 Å². The monoisotopic (exact) mass is 287 g/mol. The Hall–Kier alpha value is -1.97. The van der Waals surface area contributed by atoms with Gasteiger partial charge >= 0.3 is 0 Å². The van der Waals surface area contributed by atoms with E-state index >= 15 is 0 Å². The number of nitrogen functional groups attached to an aromatic ring is 1. The van der Waals surface area contributed by atoms with Gasteiger partial charge in [-0.1, -0.05) is 39.8 Å². The summed E-state index contributed by atoms with van der Waals surface area (Å²) in [5.41, 5.74) is 10.6. The average Bonchev–Trinajstić information content (AvgIpc) is 2.76. The van der Waals surface area contributed by atoms with Gasteiger partial charge in [-0.3, -0.25) is 4.68 Å². The van der Waals surface area contributed by atoms with Crippen molar-refractivity contribution < 1.29 is 4.74 Å². The van der Waals surface area contributed by atoms with Gasteiger partial charge < -0.3 is 10.5 Å². The minimum atomic E-state index is 0.384. The smallest absolute Gasteiger partial charge is 0.130 e. The van der Waals surface area contributed by atoms with E-state index in [1.807, 2.05) is 13.2 Å². The van der Waals surface area contributed by atoms with E-state index in [9.17, 15) is 0 Å². The van der Waals surface area contributed by atoms with Crippen molar-refractivity contribution in [3.63, 3.8) is 0 Å². The van der Waals surface area contributed by atoms with Crippen molar-refractivity contribution in [3.8, 4) is 16.9 Å². The third kappa shape index (κ3) is 2.62. The lowest BCUT2D eigenvalue weighted by atomic mass is 9.88. The molecule has 0 unspecified atom stereocenters. The van der Waals surface area contributed by atoms with Crippen LogP contribution in [0.3, 0.4) is 0 Å². The molecule has 2 aromatic rings. The van der Waals surface area contributed by atoms with Gasteiger partial charge in [0.25, 0.3) is 0 Å². The highest BCUT2D eigenvalue weighted by molar-refractivity contribution is 5.82. The topological polar surface area (TPSA) is 53.1 Å². The average molecular weight is 287 g/mol. The second-order valence-corrected chi connectivity index (χ2v) is 6.03. The molecular formula is C17H25N3O. The number of aromatic nitrogens is 2. The number of methoxy groups -OCH3 is 1. The molecule has 114 valence electrons. The Morgan fingerprint density at radius 3 is 2.10 bits per heavy atom. The van der Waals surface area contributed by atoms with E-state index in [4.69, 9.17) is 10.5 Å². The molecule has 0 bridgehead atoms. The van der Waals surface area contributed by atoms with Gasteiger partial charge in [0, 0.05) is 18.2 Å². The molecule has 0 radical (unpaired) electrons. The molecule has 0 aliphatic heterocycles. The summed E-state index contributed by atoms with van der Waals surface area (Å²) in [7, 11) is 3.58. The molecule has 0 atom stereocenters. The first-order chi connectivity index (χ1) is 9.88. The van der Waals surface area contributed by atoms with E-state index in [0.29, 0.717) is 17.7 Å². The first-order valence-electron chi connectivity index (χ1n) is 7.37. The predicted molar refractivity (Wildman–Crippen MR) is 87.8 cm³/mol. The normalized spacial score (nSPS) is 11.4. The standard InChI is InChI=1S/C17H25N3O/c1-10(2)12-7-8-13(11(3)4)16(21-6)15(12)14-9-19-20(5)17(14)18/h7-11H,18H2,1-6H3. The number of anilines is 1. The molecule has 1 heterocycles. The van der Waals surface area contributed by atoms with Crippen molar-refractivity contribution in [1.29, 1.82) is 0 Å². The summed E-state index contributed by atoms with van der Waals surface area (Å²) >= 11 is 0. The number of nitrogens with two attached hydrogens (primary N) is 1. The molecule has 0 fully saturated rings. The minimum absolute atomic E-state index is 0.384. The first kappa shape index (κ1) is 15.4. The van der Waals surface area contributed by atoms with Gasteiger partial charge in [-0.25, -0.2) is 0 Å². The molecule has 0 aliphatic carbocycles. The van der Waals surface area contributed by atoms with Crippen molar-refractivity contribution in [3.05, 3.63) is 29.5 Å². The van der Waals surface area contributed by atoms with E-state index in [1.54, 1.807) is 11.8 Å². The van der Waals surface area contributed by atoms with Crippen molar-refractivity contribution in [1.82, 2.24) is 9.78 Å². The molecule has 0 saturated carbocycles. The molecule has 1 aromatic carbocycles. The highest BCUT2D eigenvalue weighted by Gasteiger charge is 2.22. The number of ether oxygens (including phenoxy) is 1. The number of benzene rings is 1. The quantitative estimate of drug-likeness (QED) is 0.927. The predicted octanol–water partition coefficient (Wildman–Crippen LogP) is 3.92. The third-order valence-electron chi connectivity index (χ3n) is 3.92. The maximum atomic E-state index is 6.20. The summed E-state index contributed by atoms with van der Waals surface area (Å²) in [6.45, 7) is 8.70. The molecule has 2 N–H and O–H groups in total. The lowest BCUT2D eigenvalue weighted by Crippen LogP contribution is -2.04. The molecule has 21 heavy (non-hydrogen) atoms. The van der Waals surface area contributed by atoms with Crippen LogP contribution >= 0.6 is 0 Å². The third-order valence-corrected chi connectivity index (χ3v) is 3.92. The van der Waals surface area contributed by atoms with Crippen LogP contribution in [0.15, 0.2) is 18.3 Å². The van der Waals surface area contributed by atoms with Crippen molar-refractivity contribution in [2.24, 2.45) is 7.05 Å². The zero-order valence-corrected chi connectivity index (χ0v) is 13.8. The molecular weight excluding hydrogens is 262 g/mol. The van der Waals surface area contributed by atoms with Gasteiger partial charge in [0.2, 0.25) is 0 Å². The van der Waals surface area contributed by atoms with Crippen molar-refractivity contribution in [2.75, 3.05) is 12.8 Å². The summed E-state index contributed by atoms with van der Waals surface area (Å²) in [6, 6.07) is 4.35. The Balaban J connectivity index is 2.82. The van der Waals surface area contributed by atoms with Crippen LogP contribution in [0.1, 0.15) is 50.7 Å². The maximum absolute atomic E-state index is 6.20. The van der Waals surface area contributed by atoms with Gasteiger partial charge in [-0.2, -0.15) is 5.10 Å². The van der Waals surface area contributed by atoms with Crippen molar-refractivity contribution >= 4 is 5.82 Å². The second kappa shape index (κ2) is 5.80. The molecule has 0 aliphatic rings. The highest BCUT2D eigenvalue weighted by atomic mass is 16.5. The van der Waals surface area contributed by atoms with E-state index in [0.717, 1.165) is 16.9 Å². The summed E-state index contributed by atoms with van der Waals surface area (Å²) in [5.74, 6) is 2.35. The Morgan fingerprint density at radius 1 is 1.10 bits per heavy atom. The first-order valence-corrected chi connectivity index (χ1v) is 7.37. The van der Waals surface area contributed by atoms with Gasteiger partial charge in [0.1, 0.15) is 11.6 Å². The van der Waals surface area contributed by atoms with E-state index in [1.165, 1.54) is 11.1 Å². The van der Waals surface area contributed by atoms with Gasteiger partial charge in [-0.05, 0) is 23.0 Å². The van der Waals surface area contributed by atoms with Gasteiger partial charge in [0.05, 0.1) is 13.3 Å². The van der Waals surface area contributed by atoms with Crippen LogP contribution in [0, 0.1) is 0 Å². The molecule has 0 amide bonds. The van der Waals surface area contributed by atoms with Crippen molar-refractivity contribution in [2.45, 2.75) is 39.5 Å². The lowest BCUT2D eigenvalue weighted by molar-refractivity contribution is 0.408.